The average Bonchev–Trinajstić information content (AvgIpc) is 2.36. The molecule has 18 heavy (non-hydrogen) atoms. The molecule has 1 aliphatic heterocycles. The molecule has 1 aromatic rings. The predicted octanol–water partition coefficient (Wildman–Crippen LogP) is 0.562. The van der Waals surface area contributed by atoms with E-state index in [1.807, 2.05) is 6.07 Å². The molecule has 0 aromatic heterocycles. The van der Waals surface area contributed by atoms with Crippen molar-refractivity contribution in [1.29, 1.82) is 0 Å². The van der Waals surface area contributed by atoms with Crippen LogP contribution in [0.5, 0.6) is 0 Å². The van der Waals surface area contributed by atoms with E-state index >= 15 is 0 Å². The highest BCUT2D eigenvalue weighted by atomic mass is 16.5. The van der Waals surface area contributed by atoms with Crippen LogP contribution < -0.4 is 11.5 Å². The van der Waals surface area contributed by atoms with Gasteiger partial charge in [-0.15, -0.1) is 0 Å². The first-order chi connectivity index (χ1) is 8.69. The fourth-order valence-electron chi connectivity index (χ4n) is 2.63. The topological polar surface area (TPSA) is 64.5 Å². The van der Waals surface area contributed by atoms with E-state index in [0.717, 1.165) is 25.9 Å². The van der Waals surface area contributed by atoms with Crippen molar-refractivity contribution in [3.05, 3.63) is 35.9 Å². The summed E-state index contributed by atoms with van der Waals surface area (Å²) >= 11 is 0. The number of rotatable bonds is 4. The molecule has 0 saturated carbocycles. The van der Waals surface area contributed by atoms with Crippen molar-refractivity contribution >= 4 is 0 Å². The first-order valence-corrected chi connectivity index (χ1v) is 6.51. The zero-order valence-corrected chi connectivity index (χ0v) is 11.0. The summed E-state index contributed by atoms with van der Waals surface area (Å²) in [5.74, 6) is 0. The van der Waals surface area contributed by atoms with Gasteiger partial charge in [-0.25, -0.2) is 0 Å². The van der Waals surface area contributed by atoms with Gasteiger partial charge in [-0.2, -0.15) is 0 Å². The highest BCUT2D eigenvalue weighted by Gasteiger charge is 2.27. The number of ether oxygens (including phenoxy) is 1. The van der Waals surface area contributed by atoms with Crippen LogP contribution in [0.3, 0.4) is 0 Å². The lowest BCUT2D eigenvalue weighted by Gasteiger charge is -2.39. The van der Waals surface area contributed by atoms with Gasteiger partial charge in [0.2, 0.25) is 0 Å². The summed E-state index contributed by atoms with van der Waals surface area (Å²) in [6.45, 7) is 1.72. The lowest BCUT2D eigenvalue weighted by molar-refractivity contribution is -0.0471. The van der Waals surface area contributed by atoms with Gasteiger partial charge in [0, 0.05) is 38.7 Å². The molecule has 3 unspecified atom stereocenters. The molecule has 0 spiro atoms. The number of hydrogen-bond acceptors (Lipinski definition) is 4. The maximum Gasteiger partial charge on any atom is 0.114 e. The number of benzene rings is 1. The lowest BCUT2D eigenvalue weighted by atomic mass is 10.0. The van der Waals surface area contributed by atoms with E-state index in [1.165, 1.54) is 5.56 Å². The van der Waals surface area contributed by atoms with Crippen LogP contribution in [0.25, 0.3) is 0 Å². The standard InChI is InChI=1S/C14H23N3O/c1-18-14(7-11-5-3-2-4-6-11)17-9-12(15)8-13(16)10-17/h2-6,12-14H,7-10,15-16H2,1H3. The van der Waals surface area contributed by atoms with Gasteiger partial charge in [0.25, 0.3) is 0 Å². The Kier molecular flexibility index (Phi) is 4.72. The third-order valence-corrected chi connectivity index (χ3v) is 3.48. The van der Waals surface area contributed by atoms with Crippen molar-refractivity contribution in [2.24, 2.45) is 11.5 Å². The Bertz CT molecular complexity index is 347. The molecule has 1 aromatic carbocycles. The predicted molar refractivity (Wildman–Crippen MR) is 73.1 cm³/mol. The fraction of sp³-hybridized carbons (Fsp3) is 0.571. The maximum atomic E-state index is 6.02. The number of hydrogen-bond donors (Lipinski definition) is 2. The quantitative estimate of drug-likeness (QED) is 0.818. The largest absolute Gasteiger partial charge is 0.366 e. The second-order valence-corrected chi connectivity index (χ2v) is 5.09. The van der Waals surface area contributed by atoms with Crippen molar-refractivity contribution in [2.75, 3.05) is 20.2 Å². The van der Waals surface area contributed by atoms with E-state index in [0.29, 0.717) is 0 Å². The van der Waals surface area contributed by atoms with Gasteiger partial charge in [0.1, 0.15) is 6.23 Å². The van der Waals surface area contributed by atoms with Crippen LogP contribution >= 0.6 is 0 Å². The molecule has 1 aliphatic rings. The summed E-state index contributed by atoms with van der Waals surface area (Å²) in [5, 5.41) is 0. The molecule has 1 heterocycles. The average molecular weight is 249 g/mol. The second kappa shape index (κ2) is 6.29. The van der Waals surface area contributed by atoms with Gasteiger partial charge < -0.3 is 16.2 Å². The van der Waals surface area contributed by atoms with E-state index < -0.39 is 0 Å². The summed E-state index contributed by atoms with van der Waals surface area (Å²) in [7, 11) is 1.75. The molecule has 4 N–H and O–H groups in total. The highest BCUT2D eigenvalue weighted by Crippen LogP contribution is 2.15. The normalized spacial score (nSPS) is 27.1. The van der Waals surface area contributed by atoms with Crippen molar-refractivity contribution < 1.29 is 4.74 Å². The maximum absolute atomic E-state index is 6.02. The second-order valence-electron chi connectivity index (χ2n) is 5.09. The number of nitrogens with zero attached hydrogens (tertiary/aromatic N) is 1. The highest BCUT2D eigenvalue weighted by molar-refractivity contribution is 5.15. The summed E-state index contributed by atoms with van der Waals surface area (Å²) in [6.07, 6.45) is 1.83. The molecule has 2 rings (SSSR count). The van der Waals surface area contributed by atoms with Gasteiger partial charge in [-0.05, 0) is 12.0 Å². The molecular formula is C14H23N3O. The van der Waals surface area contributed by atoms with Gasteiger partial charge in [-0.1, -0.05) is 30.3 Å². The van der Waals surface area contributed by atoms with Crippen molar-refractivity contribution in [1.82, 2.24) is 4.90 Å². The number of likely N-dealkylation sites (tertiary alicyclic amines) is 1. The molecular weight excluding hydrogens is 226 g/mol. The minimum atomic E-state index is 0.0600. The Morgan fingerprint density at radius 2 is 1.83 bits per heavy atom. The van der Waals surface area contributed by atoms with Crippen LogP contribution in [-0.4, -0.2) is 43.4 Å². The third-order valence-electron chi connectivity index (χ3n) is 3.48. The SMILES string of the molecule is COC(Cc1ccccc1)N1CC(N)CC(N)C1. The van der Waals surface area contributed by atoms with E-state index in [1.54, 1.807) is 7.11 Å². The summed E-state index contributed by atoms with van der Waals surface area (Å²) in [4.78, 5) is 2.26. The summed E-state index contributed by atoms with van der Waals surface area (Å²) in [5.41, 5.74) is 13.3. The zero-order valence-electron chi connectivity index (χ0n) is 11.0. The summed E-state index contributed by atoms with van der Waals surface area (Å²) < 4.78 is 5.61. The Morgan fingerprint density at radius 1 is 1.22 bits per heavy atom. The van der Waals surface area contributed by atoms with Crippen molar-refractivity contribution in [2.45, 2.75) is 31.2 Å². The Balaban J connectivity index is 2.00. The molecule has 1 saturated heterocycles. The van der Waals surface area contributed by atoms with E-state index in [4.69, 9.17) is 16.2 Å². The van der Waals surface area contributed by atoms with Crippen molar-refractivity contribution in [3.63, 3.8) is 0 Å². The Morgan fingerprint density at radius 3 is 2.39 bits per heavy atom. The summed E-state index contributed by atoms with van der Waals surface area (Å²) in [6, 6.07) is 10.7. The first-order valence-electron chi connectivity index (χ1n) is 6.51. The molecule has 1 fully saturated rings. The smallest absolute Gasteiger partial charge is 0.114 e. The Hall–Kier alpha value is -0.940. The van der Waals surface area contributed by atoms with E-state index in [9.17, 15) is 0 Å². The Labute approximate surface area is 109 Å². The van der Waals surface area contributed by atoms with Crippen LogP contribution in [0.1, 0.15) is 12.0 Å². The van der Waals surface area contributed by atoms with Crippen LogP contribution in [0.15, 0.2) is 30.3 Å². The molecule has 0 aliphatic carbocycles. The third kappa shape index (κ3) is 3.53. The number of methoxy groups -OCH3 is 1. The molecule has 4 nitrogen and oxygen atoms in total. The van der Waals surface area contributed by atoms with Gasteiger partial charge >= 0.3 is 0 Å². The number of piperidine rings is 1. The van der Waals surface area contributed by atoms with E-state index in [-0.39, 0.29) is 18.3 Å². The van der Waals surface area contributed by atoms with Gasteiger partial charge in [0.15, 0.2) is 0 Å². The molecule has 0 bridgehead atoms. The molecule has 100 valence electrons. The first kappa shape index (κ1) is 13.5. The van der Waals surface area contributed by atoms with Gasteiger partial charge in [0.05, 0.1) is 0 Å². The molecule has 4 heteroatoms. The lowest BCUT2D eigenvalue weighted by Crippen LogP contribution is -2.56. The van der Waals surface area contributed by atoms with E-state index in [2.05, 4.69) is 29.2 Å². The monoisotopic (exact) mass is 249 g/mol. The van der Waals surface area contributed by atoms with Crippen molar-refractivity contribution in [3.8, 4) is 0 Å². The molecule has 3 atom stereocenters. The van der Waals surface area contributed by atoms with Gasteiger partial charge in [-0.3, -0.25) is 4.90 Å². The minimum absolute atomic E-state index is 0.0600. The number of nitrogens with two attached hydrogens (primary N) is 2. The fourth-order valence-corrected chi connectivity index (χ4v) is 2.63. The van der Waals surface area contributed by atoms with Crippen LogP contribution in [0.4, 0.5) is 0 Å². The zero-order chi connectivity index (χ0) is 13.0. The minimum Gasteiger partial charge on any atom is -0.366 e. The van der Waals surface area contributed by atoms with Crippen LogP contribution in [0.2, 0.25) is 0 Å². The van der Waals surface area contributed by atoms with Crippen LogP contribution in [-0.2, 0) is 11.2 Å². The molecule has 0 radical (unpaired) electrons. The van der Waals surface area contributed by atoms with Crippen LogP contribution in [0, 0.1) is 0 Å². The molecule has 0 amide bonds.